The number of methoxy groups -OCH3 is 1. The van der Waals surface area contributed by atoms with Gasteiger partial charge in [0.05, 0.1) is 31.1 Å². The lowest BCUT2D eigenvalue weighted by Crippen LogP contribution is -2.13. The van der Waals surface area contributed by atoms with Crippen LogP contribution in [0.25, 0.3) is 11.2 Å². The third kappa shape index (κ3) is 4.07. The summed E-state index contributed by atoms with van der Waals surface area (Å²) >= 11 is 0. The summed E-state index contributed by atoms with van der Waals surface area (Å²) in [6.07, 6.45) is 6.65. The predicted octanol–water partition coefficient (Wildman–Crippen LogP) is 4.10. The molecule has 0 radical (unpaired) electrons. The molecule has 4 rings (SSSR count). The molecular weight excluding hydrogens is 380 g/mol. The number of hydrogen-bond acceptors (Lipinski definition) is 6. The molecule has 0 aliphatic rings. The van der Waals surface area contributed by atoms with E-state index < -0.39 is 0 Å². The van der Waals surface area contributed by atoms with E-state index in [-0.39, 0.29) is 11.9 Å². The second-order valence-electron chi connectivity index (χ2n) is 6.98. The van der Waals surface area contributed by atoms with Crippen LogP contribution in [0.1, 0.15) is 34.5 Å². The van der Waals surface area contributed by atoms with Gasteiger partial charge in [0.2, 0.25) is 0 Å². The van der Waals surface area contributed by atoms with E-state index in [4.69, 9.17) is 4.74 Å². The monoisotopic (exact) mass is 402 g/mol. The highest BCUT2D eigenvalue weighted by molar-refractivity contribution is 6.04. The minimum absolute atomic E-state index is 0.0358. The number of nitrogens with one attached hydrogen (secondary N) is 3. The van der Waals surface area contributed by atoms with E-state index in [0.717, 1.165) is 22.3 Å². The molecule has 1 atom stereocenters. The molecule has 0 saturated heterocycles. The number of pyridine rings is 1. The number of fused-ring (bicyclic) bond motifs is 1. The van der Waals surface area contributed by atoms with Crippen LogP contribution in [0.3, 0.4) is 0 Å². The van der Waals surface area contributed by atoms with Crippen LogP contribution in [0.5, 0.6) is 5.75 Å². The fourth-order valence-electron chi connectivity index (χ4n) is 3.13. The van der Waals surface area contributed by atoms with Gasteiger partial charge in [0.25, 0.3) is 5.91 Å². The van der Waals surface area contributed by atoms with Gasteiger partial charge < -0.3 is 20.4 Å². The Morgan fingerprint density at radius 2 is 2.07 bits per heavy atom. The van der Waals surface area contributed by atoms with Crippen molar-refractivity contribution in [1.29, 1.82) is 0 Å². The van der Waals surface area contributed by atoms with E-state index in [2.05, 4.69) is 30.6 Å². The summed E-state index contributed by atoms with van der Waals surface area (Å²) in [6.45, 7) is 4.02. The summed E-state index contributed by atoms with van der Waals surface area (Å²) in [5, 5.41) is 6.27. The van der Waals surface area contributed by atoms with Crippen molar-refractivity contribution in [3.63, 3.8) is 0 Å². The second-order valence-corrected chi connectivity index (χ2v) is 6.98. The summed E-state index contributed by atoms with van der Waals surface area (Å²) < 4.78 is 5.13. The number of rotatable bonds is 6. The van der Waals surface area contributed by atoms with Crippen LogP contribution in [-0.4, -0.2) is 33.0 Å². The maximum Gasteiger partial charge on any atom is 0.257 e. The maximum absolute atomic E-state index is 12.5. The lowest BCUT2D eigenvalue weighted by atomic mass is 10.1. The van der Waals surface area contributed by atoms with E-state index in [1.165, 1.54) is 13.3 Å². The molecule has 3 N–H and O–H groups in total. The number of anilines is 2. The van der Waals surface area contributed by atoms with Gasteiger partial charge in [-0.1, -0.05) is 12.1 Å². The van der Waals surface area contributed by atoms with Crippen molar-refractivity contribution in [3.8, 4) is 5.75 Å². The molecule has 0 bridgehead atoms. The molecule has 0 unspecified atom stereocenters. The van der Waals surface area contributed by atoms with Gasteiger partial charge in [0.15, 0.2) is 5.65 Å². The summed E-state index contributed by atoms with van der Waals surface area (Å²) in [4.78, 5) is 28.7. The molecule has 152 valence electrons. The van der Waals surface area contributed by atoms with E-state index >= 15 is 0 Å². The number of aromatic amines is 1. The molecule has 30 heavy (non-hydrogen) atoms. The molecule has 8 heteroatoms. The summed E-state index contributed by atoms with van der Waals surface area (Å²) in [5.41, 5.74) is 4.78. The second kappa shape index (κ2) is 8.20. The smallest absolute Gasteiger partial charge is 0.257 e. The fourth-order valence-corrected chi connectivity index (χ4v) is 3.13. The van der Waals surface area contributed by atoms with Crippen molar-refractivity contribution in [1.82, 2.24) is 19.9 Å². The number of carbonyl (C=O) groups is 1. The average molecular weight is 402 g/mol. The van der Waals surface area contributed by atoms with Crippen LogP contribution < -0.4 is 15.4 Å². The zero-order valence-corrected chi connectivity index (χ0v) is 16.9. The third-order valence-corrected chi connectivity index (χ3v) is 4.79. The number of benzene rings is 1. The highest BCUT2D eigenvalue weighted by Crippen LogP contribution is 2.23. The zero-order valence-electron chi connectivity index (χ0n) is 16.9. The molecule has 4 aromatic rings. The maximum atomic E-state index is 12.5. The van der Waals surface area contributed by atoms with E-state index in [0.29, 0.717) is 22.8 Å². The number of amides is 1. The molecule has 8 nitrogen and oxygen atoms in total. The molecule has 3 heterocycles. The van der Waals surface area contributed by atoms with Crippen molar-refractivity contribution in [3.05, 3.63) is 71.8 Å². The third-order valence-electron chi connectivity index (χ3n) is 4.79. The van der Waals surface area contributed by atoms with E-state index in [9.17, 15) is 4.79 Å². The fraction of sp³-hybridized carbons (Fsp3) is 0.182. The number of carbonyl (C=O) groups excluding carboxylic acids is 1. The molecule has 1 aromatic carbocycles. The van der Waals surface area contributed by atoms with Gasteiger partial charge in [0, 0.05) is 18.1 Å². The lowest BCUT2D eigenvalue weighted by molar-refractivity contribution is 0.102. The Bertz CT molecular complexity index is 1200. The standard InChI is InChI=1S/C22H22N6O2/c1-13-9-24-21-20(13)28-19(12-25-21)26-14(2)15-5-4-6-17(7-15)27-22(29)16-8-18(30-3)11-23-10-16/h4-12,14H,1-3H3,(H,24,25)(H,26,28)(H,27,29)/t14-/m0/s1. The Morgan fingerprint density at radius 3 is 2.90 bits per heavy atom. The molecule has 0 fully saturated rings. The van der Waals surface area contributed by atoms with E-state index in [1.807, 2.05) is 44.3 Å². The first-order valence-electron chi connectivity index (χ1n) is 9.51. The van der Waals surface area contributed by atoms with Gasteiger partial charge in [-0.25, -0.2) is 9.97 Å². The van der Waals surface area contributed by atoms with Crippen molar-refractivity contribution in [2.75, 3.05) is 17.7 Å². The summed E-state index contributed by atoms with van der Waals surface area (Å²) in [5.74, 6) is 0.970. The first kappa shape index (κ1) is 19.4. The molecule has 1 amide bonds. The van der Waals surface area contributed by atoms with Gasteiger partial charge in [-0.15, -0.1) is 0 Å². The van der Waals surface area contributed by atoms with Gasteiger partial charge in [-0.05, 0) is 43.2 Å². The average Bonchev–Trinajstić information content (AvgIpc) is 3.14. The Labute approximate surface area is 173 Å². The van der Waals surface area contributed by atoms with Gasteiger partial charge in [-0.3, -0.25) is 9.78 Å². The predicted molar refractivity (Wildman–Crippen MR) is 116 cm³/mol. The SMILES string of the molecule is COc1cncc(C(=O)Nc2cccc([C@H](C)Nc3cnc4[nH]cc(C)c4n3)c2)c1. The van der Waals surface area contributed by atoms with Crippen molar-refractivity contribution in [2.24, 2.45) is 0 Å². The van der Waals surface area contributed by atoms with Crippen molar-refractivity contribution >= 4 is 28.6 Å². The van der Waals surface area contributed by atoms with Crippen LogP contribution >= 0.6 is 0 Å². The van der Waals surface area contributed by atoms with Crippen LogP contribution in [0, 0.1) is 6.92 Å². The largest absolute Gasteiger partial charge is 0.495 e. The van der Waals surface area contributed by atoms with Gasteiger partial charge in [-0.2, -0.15) is 0 Å². The van der Waals surface area contributed by atoms with Crippen molar-refractivity contribution in [2.45, 2.75) is 19.9 Å². The molecule has 0 saturated carbocycles. The number of ether oxygens (including phenoxy) is 1. The van der Waals surface area contributed by atoms with Gasteiger partial charge >= 0.3 is 0 Å². The quantitative estimate of drug-likeness (QED) is 0.449. The first-order valence-corrected chi connectivity index (χ1v) is 9.51. The summed E-state index contributed by atoms with van der Waals surface area (Å²) in [7, 11) is 1.54. The Hall–Kier alpha value is -3.94. The normalized spacial score (nSPS) is 11.8. The molecule has 0 spiro atoms. The number of hydrogen-bond donors (Lipinski definition) is 3. The van der Waals surface area contributed by atoms with Crippen LogP contribution in [-0.2, 0) is 0 Å². The highest BCUT2D eigenvalue weighted by atomic mass is 16.5. The first-order chi connectivity index (χ1) is 14.5. The number of aromatic nitrogens is 4. The molecular formula is C22H22N6O2. The Kier molecular flexibility index (Phi) is 5.30. The molecule has 3 aromatic heterocycles. The van der Waals surface area contributed by atoms with Crippen LogP contribution in [0.4, 0.5) is 11.5 Å². The Balaban J connectivity index is 1.48. The minimum atomic E-state index is -0.251. The Morgan fingerprint density at radius 1 is 1.20 bits per heavy atom. The van der Waals surface area contributed by atoms with Crippen LogP contribution in [0.2, 0.25) is 0 Å². The topological polar surface area (TPSA) is 105 Å². The van der Waals surface area contributed by atoms with Crippen molar-refractivity contribution < 1.29 is 9.53 Å². The zero-order chi connectivity index (χ0) is 21.1. The van der Waals surface area contributed by atoms with Gasteiger partial charge in [0.1, 0.15) is 17.1 Å². The number of nitrogens with zero attached hydrogens (tertiary/aromatic N) is 3. The number of aryl methyl sites for hydroxylation is 1. The minimum Gasteiger partial charge on any atom is -0.495 e. The highest BCUT2D eigenvalue weighted by Gasteiger charge is 2.12. The van der Waals surface area contributed by atoms with E-state index in [1.54, 1.807) is 18.5 Å². The molecule has 0 aliphatic heterocycles. The molecule has 0 aliphatic carbocycles. The lowest BCUT2D eigenvalue weighted by Gasteiger charge is -2.16. The number of H-pyrrole nitrogens is 1. The summed E-state index contributed by atoms with van der Waals surface area (Å²) in [6, 6.07) is 9.28. The van der Waals surface area contributed by atoms with Crippen LogP contribution in [0.15, 0.2) is 55.1 Å².